The van der Waals surface area contributed by atoms with Crippen LogP contribution >= 0.6 is 0 Å². The third-order valence-corrected chi connectivity index (χ3v) is 5.49. The number of nitrogens with one attached hydrogen (secondary N) is 3. The summed E-state index contributed by atoms with van der Waals surface area (Å²) in [5.41, 5.74) is 5.90. The fourth-order valence-electron chi connectivity index (χ4n) is 3.16. The first kappa shape index (κ1) is 23.8. The Morgan fingerprint density at radius 3 is 2.21 bits per heavy atom. The molecule has 3 aromatic rings. The maximum atomic E-state index is 4.51. The lowest BCUT2D eigenvalue weighted by atomic mass is 9.87. The van der Waals surface area contributed by atoms with Crippen LogP contribution in [-0.4, -0.2) is 17.9 Å². The molecule has 0 saturated heterocycles. The van der Waals surface area contributed by atoms with Crippen molar-refractivity contribution >= 4 is 33.8 Å². The van der Waals surface area contributed by atoms with Gasteiger partial charge in [0.05, 0.1) is 5.52 Å². The highest BCUT2D eigenvalue weighted by molar-refractivity contribution is 5.95. The van der Waals surface area contributed by atoms with Crippen molar-refractivity contribution in [2.75, 3.05) is 17.7 Å². The number of para-hydroxylation sites is 1. The van der Waals surface area contributed by atoms with Crippen LogP contribution in [0.3, 0.4) is 0 Å². The van der Waals surface area contributed by atoms with Gasteiger partial charge in [0, 0.05) is 41.3 Å². The van der Waals surface area contributed by atoms with Gasteiger partial charge in [-0.3, -0.25) is 9.98 Å². The molecule has 0 bridgehead atoms. The molecule has 33 heavy (non-hydrogen) atoms. The summed E-state index contributed by atoms with van der Waals surface area (Å²) < 4.78 is 0. The molecule has 0 atom stereocenters. The Kier molecular flexibility index (Phi) is 7.34. The molecule has 0 radical (unpaired) electrons. The Hall–Kier alpha value is -3.86. The third-order valence-electron chi connectivity index (χ3n) is 5.49. The number of hydrogen-bond acceptors (Lipinski definition) is 4. The molecule has 3 rings (SSSR count). The van der Waals surface area contributed by atoms with Gasteiger partial charge in [-0.15, -0.1) is 0 Å². The molecular weight excluding hydrogens is 406 g/mol. The monoisotopic (exact) mass is 439 g/mol. The van der Waals surface area contributed by atoms with Gasteiger partial charge in [-0.1, -0.05) is 63.8 Å². The number of nitrogens with zero attached hydrogens (tertiary/aromatic N) is 2. The van der Waals surface area contributed by atoms with Crippen LogP contribution in [0.2, 0.25) is 0 Å². The van der Waals surface area contributed by atoms with Gasteiger partial charge in [0.15, 0.2) is 0 Å². The number of anilines is 2. The molecule has 3 N–H and O–H groups in total. The smallest absolute Gasteiger partial charge is 0.126 e. The van der Waals surface area contributed by atoms with Crippen LogP contribution in [0.5, 0.6) is 0 Å². The fraction of sp³-hybridized carbons (Fsp3) is 0.214. The summed E-state index contributed by atoms with van der Waals surface area (Å²) in [6.45, 7) is 16.9. The summed E-state index contributed by atoms with van der Waals surface area (Å²) in [5, 5.41) is 11.0. The Bertz CT molecular complexity index is 1210. The molecule has 170 valence electrons. The maximum Gasteiger partial charge on any atom is 0.126 e. The summed E-state index contributed by atoms with van der Waals surface area (Å²) in [4.78, 5) is 8.83. The van der Waals surface area contributed by atoms with Gasteiger partial charge in [-0.25, -0.2) is 0 Å². The molecule has 0 spiro atoms. The van der Waals surface area contributed by atoms with Gasteiger partial charge >= 0.3 is 0 Å². The van der Waals surface area contributed by atoms with Crippen molar-refractivity contribution in [2.45, 2.75) is 27.7 Å². The lowest BCUT2D eigenvalue weighted by Gasteiger charge is -2.20. The highest BCUT2D eigenvalue weighted by atomic mass is 15.1. The van der Waals surface area contributed by atoms with E-state index in [1.54, 1.807) is 13.2 Å². The molecule has 0 aliphatic carbocycles. The second-order valence-corrected chi connectivity index (χ2v) is 8.98. The molecule has 5 heteroatoms. The summed E-state index contributed by atoms with van der Waals surface area (Å²) >= 11 is 0. The van der Waals surface area contributed by atoms with Gasteiger partial charge in [0.1, 0.15) is 11.7 Å². The average Bonchev–Trinajstić information content (AvgIpc) is 2.78. The van der Waals surface area contributed by atoms with Gasteiger partial charge in [-0.2, -0.15) is 0 Å². The van der Waals surface area contributed by atoms with Crippen molar-refractivity contribution < 1.29 is 0 Å². The highest BCUT2D eigenvalue weighted by Gasteiger charge is 2.13. The molecule has 2 aromatic carbocycles. The minimum Gasteiger partial charge on any atom is -0.355 e. The highest BCUT2D eigenvalue weighted by Crippen LogP contribution is 2.25. The largest absolute Gasteiger partial charge is 0.355 e. The van der Waals surface area contributed by atoms with E-state index in [1.807, 2.05) is 48.5 Å². The number of amidine groups is 1. The van der Waals surface area contributed by atoms with Crippen LogP contribution in [-0.2, 0) is 0 Å². The minimum absolute atomic E-state index is 0.0846. The molecule has 0 amide bonds. The summed E-state index contributed by atoms with van der Waals surface area (Å²) in [5.74, 6) is 1.42. The number of aliphatic imine (C=N–C) groups is 1. The molecule has 0 aliphatic rings. The van der Waals surface area contributed by atoms with E-state index < -0.39 is 0 Å². The Morgan fingerprint density at radius 1 is 0.939 bits per heavy atom. The first-order chi connectivity index (χ1) is 15.7. The molecule has 5 nitrogen and oxygen atoms in total. The molecule has 1 aromatic heterocycles. The van der Waals surface area contributed by atoms with Gasteiger partial charge < -0.3 is 16.0 Å². The van der Waals surface area contributed by atoms with E-state index in [0.29, 0.717) is 5.82 Å². The number of fused-ring (bicyclic) bond motifs is 1. The van der Waals surface area contributed by atoms with Gasteiger partial charge in [-0.05, 0) is 48.7 Å². The van der Waals surface area contributed by atoms with E-state index in [-0.39, 0.29) is 5.41 Å². The van der Waals surface area contributed by atoms with Gasteiger partial charge in [0.25, 0.3) is 0 Å². The Morgan fingerprint density at radius 2 is 1.58 bits per heavy atom. The van der Waals surface area contributed by atoms with E-state index in [9.17, 15) is 0 Å². The SMILES string of the molecule is C=C(NC(/C=C(\C)C(C)(C)C)=NC)Nc1ccc(NC(=C)c2cccc3cccnc23)cc1. The molecule has 1 heterocycles. The lowest BCUT2D eigenvalue weighted by Crippen LogP contribution is -2.25. The van der Waals surface area contributed by atoms with Crippen LogP contribution < -0.4 is 16.0 Å². The Labute approximate surface area is 197 Å². The van der Waals surface area contributed by atoms with E-state index in [0.717, 1.165) is 39.4 Å². The van der Waals surface area contributed by atoms with Crippen molar-refractivity contribution in [1.82, 2.24) is 10.3 Å². The van der Waals surface area contributed by atoms with Crippen LogP contribution in [0, 0.1) is 5.41 Å². The first-order valence-electron chi connectivity index (χ1n) is 11.0. The predicted octanol–water partition coefficient (Wildman–Crippen LogP) is 6.81. The zero-order chi connectivity index (χ0) is 24.0. The van der Waals surface area contributed by atoms with E-state index in [1.165, 1.54) is 5.57 Å². The van der Waals surface area contributed by atoms with Crippen molar-refractivity contribution in [3.63, 3.8) is 0 Å². The predicted molar refractivity (Wildman–Crippen MR) is 143 cm³/mol. The van der Waals surface area contributed by atoms with Crippen LogP contribution in [0.1, 0.15) is 33.3 Å². The fourth-order valence-corrected chi connectivity index (χ4v) is 3.16. The topological polar surface area (TPSA) is 61.3 Å². The van der Waals surface area contributed by atoms with Gasteiger partial charge in [0.2, 0.25) is 0 Å². The zero-order valence-corrected chi connectivity index (χ0v) is 20.2. The molecule has 0 unspecified atom stereocenters. The van der Waals surface area contributed by atoms with Crippen molar-refractivity contribution in [2.24, 2.45) is 10.4 Å². The second-order valence-electron chi connectivity index (χ2n) is 8.98. The molecule has 0 saturated carbocycles. The van der Waals surface area contributed by atoms with E-state index in [4.69, 9.17) is 0 Å². The number of pyridine rings is 1. The number of rotatable bonds is 7. The van der Waals surface area contributed by atoms with E-state index in [2.05, 4.69) is 78.9 Å². The van der Waals surface area contributed by atoms with E-state index >= 15 is 0 Å². The average molecular weight is 440 g/mol. The summed E-state index contributed by atoms with van der Waals surface area (Å²) in [6.07, 6.45) is 3.85. The number of allylic oxidation sites excluding steroid dienone is 1. The number of benzene rings is 2. The third kappa shape index (κ3) is 6.32. The molecular formula is C28H33N5. The van der Waals surface area contributed by atoms with Crippen LogP contribution in [0.4, 0.5) is 11.4 Å². The normalized spacial score (nSPS) is 12.4. The van der Waals surface area contributed by atoms with Crippen molar-refractivity contribution in [3.8, 4) is 0 Å². The standard InChI is InChI=1S/C28H33N5/c1-19(28(4,5)6)18-26(29-7)33-21(3)32-24-15-13-23(14-16-24)31-20(2)25-12-8-10-22-11-9-17-30-27(22)25/h8-18,31-32H,2-3H2,1,4-7H3,(H,29,33)/b19-18+. The number of hydrogen-bond donors (Lipinski definition) is 3. The minimum atomic E-state index is 0.0846. The first-order valence-corrected chi connectivity index (χ1v) is 11.0. The summed E-state index contributed by atoms with van der Waals surface area (Å²) in [6, 6.07) is 18.1. The van der Waals surface area contributed by atoms with Crippen LogP contribution in [0.25, 0.3) is 16.6 Å². The molecule has 0 fully saturated rings. The maximum absolute atomic E-state index is 4.51. The quantitative estimate of drug-likeness (QED) is 0.279. The zero-order valence-electron chi connectivity index (χ0n) is 20.2. The lowest BCUT2D eigenvalue weighted by molar-refractivity contribution is 0.504. The van der Waals surface area contributed by atoms with Crippen molar-refractivity contribution in [1.29, 1.82) is 0 Å². The summed E-state index contributed by atoms with van der Waals surface area (Å²) in [7, 11) is 1.76. The number of aromatic nitrogens is 1. The van der Waals surface area contributed by atoms with Crippen LogP contribution in [0.15, 0.2) is 96.4 Å². The Balaban J connectivity index is 1.63. The second kappa shape index (κ2) is 10.2. The molecule has 0 aliphatic heterocycles. The van der Waals surface area contributed by atoms with Crippen molar-refractivity contribution in [3.05, 3.63) is 97.0 Å².